The van der Waals surface area contributed by atoms with E-state index in [9.17, 15) is 9.59 Å². The number of hydrogen-bond donors (Lipinski definition) is 0. The van der Waals surface area contributed by atoms with Gasteiger partial charge in [-0.25, -0.2) is 4.79 Å². The molecule has 0 saturated carbocycles. The second-order valence-corrected chi connectivity index (χ2v) is 6.86. The molecular weight excluding hydrogens is 410 g/mol. The Labute approximate surface area is 187 Å². The zero-order valence-electron chi connectivity index (χ0n) is 18.5. The molecule has 0 unspecified atom stereocenters. The molecule has 1 aliphatic rings. The molecule has 0 atom stereocenters. The van der Waals surface area contributed by atoms with Gasteiger partial charge in [-0.05, 0) is 55.0 Å². The van der Waals surface area contributed by atoms with Gasteiger partial charge >= 0.3 is 5.97 Å². The predicted octanol–water partition coefficient (Wildman–Crippen LogP) is 4.15. The summed E-state index contributed by atoms with van der Waals surface area (Å²) in [5, 5.41) is 0. The average Bonchev–Trinajstić information content (AvgIpc) is 3.06. The summed E-state index contributed by atoms with van der Waals surface area (Å²) < 4.78 is 21.1. The number of anilines is 1. The molecule has 7 heteroatoms. The molecule has 0 fully saturated rings. The van der Waals surface area contributed by atoms with Gasteiger partial charge in [-0.3, -0.25) is 9.69 Å². The van der Waals surface area contributed by atoms with Crippen molar-refractivity contribution in [3.8, 4) is 17.2 Å². The van der Waals surface area contributed by atoms with Gasteiger partial charge in [0.2, 0.25) is 0 Å². The van der Waals surface area contributed by atoms with Crippen LogP contribution in [-0.4, -0.2) is 39.8 Å². The third-order valence-electron chi connectivity index (χ3n) is 4.98. The van der Waals surface area contributed by atoms with E-state index in [4.69, 9.17) is 18.9 Å². The van der Waals surface area contributed by atoms with E-state index in [1.54, 1.807) is 68.7 Å². The number of carbonyl (C=O) groups is 2. The molecule has 0 N–H and O–H groups in total. The van der Waals surface area contributed by atoms with Crippen molar-refractivity contribution >= 4 is 23.6 Å². The van der Waals surface area contributed by atoms with E-state index in [1.807, 2.05) is 0 Å². The summed E-state index contributed by atoms with van der Waals surface area (Å²) >= 11 is 0. The maximum atomic E-state index is 13.4. The van der Waals surface area contributed by atoms with E-state index < -0.39 is 5.97 Å². The molecule has 32 heavy (non-hydrogen) atoms. The summed E-state index contributed by atoms with van der Waals surface area (Å²) in [4.78, 5) is 27.4. The molecule has 0 aromatic heterocycles. The monoisotopic (exact) mass is 435 g/mol. The molecule has 0 spiro atoms. The fourth-order valence-electron chi connectivity index (χ4n) is 3.43. The number of benzene rings is 2. The summed E-state index contributed by atoms with van der Waals surface area (Å²) in [5.74, 6) is 0.790. The molecule has 0 radical (unpaired) electrons. The van der Waals surface area contributed by atoms with Crippen LogP contribution in [0.5, 0.6) is 17.2 Å². The fraction of sp³-hybridized carbons (Fsp3) is 0.200. The number of nitrogens with zero attached hydrogens (tertiary/aromatic N) is 1. The van der Waals surface area contributed by atoms with Gasteiger partial charge < -0.3 is 18.9 Å². The first kappa shape index (κ1) is 22.7. The Hall–Kier alpha value is -4.00. The second kappa shape index (κ2) is 9.87. The molecule has 2 aromatic carbocycles. The van der Waals surface area contributed by atoms with Crippen molar-refractivity contribution in [1.82, 2.24) is 0 Å². The van der Waals surface area contributed by atoms with Crippen molar-refractivity contribution < 1.29 is 28.5 Å². The quantitative estimate of drug-likeness (QED) is 0.352. The van der Waals surface area contributed by atoms with Crippen LogP contribution in [0.3, 0.4) is 0 Å². The Morgan fingerprint density at radius 1 is 1.03 bits per heavy atom. The fourth-order valence-corrected chi connectivity index (χ4v) is 3.43. The lowest BCUT2D eigenvalue weighted by molar-refractivity contribution is -0.136. The van der Waals surface area contributed by atoms with Crippen molar-refractivity contribution in [2.45, 2.75) is 6.92 Å². The predicted molar refractivity (Wildman–Crippen MR) is 122 cm³/mol. The van der Waals surface area contributed by atoms with Gasteiger partial charge in [0.25, 0.3) is 5.91 Å². The number of esters is 1. The smallest absolute Gasteiger partial charge is 0.340 e. The highest BCUT2D eigenvalue weighted by molar-refractivity contribution is 6.23. The SMILES string of the molecule is C=CCOc1ccc(/C=C2\C(=O)N(c3ccc(OC)cc3)C(C)=C2C(=O)OC)cc1OC. The Morgan fingerprint density at radius 2 is 1.75 bits per heavy atom. The Morgan fingerprint density at radius 3 is 2.34 bits per heavy atom. The first-order valence-corrected chi connectivity index (χ1v) is 9.86. The zero-order valence-corrected chi connectivity index (χ0v) is 18.5. The van der Waals surface area contributed by atoms with Crippen LogP contribution in [0, 0.1) is 0 Å². The van der Waals surface area contributed by atoms with Crippen LogP contribution in [0.4, 0.5) is 5.69 Å². The lowest BCUT2D eigenvalue weighted by atomic mass is 10.0. The number of carbonyl (C=O) groups excluding carboxylic acids is 2. The summed E-state index contributed by atoms with van der Waals surface area (Å²) in [7, 11) is 4.39. The first-order valence-electron chi connectivity index (χ1n) is 9.86. The van der Waals surface area contributed by atoms with E-state index >= 15 is 0 Å². The average molecular weight is 435 g/mol. The molecule has 1 amide bonds. The van der Waals surface area contributed by atoms with Crippen LogP contribution in [0.2, 0.25) is 0 Å². The van der Waals surface area contributed by atoms with Gasteiger partial charge in [0.1, 0.15) is 12.4 Å². The minimum absolute atomic E-state index is 0.208. The van der Waals surface area contributed by atoms with E-state index in [0.717, 1.165) is 0 Å². The van der Waals surface area contributed by atoms with Crippen LogP contribution < -0.4 is 19.1 Å². The van der Waals surface area contributed by atoms with Crippen molar-refractivity contribution in [1.29, 1.82) is 0 Å². The number of allylic oxidation sites excluding steroid dienone is 1. The third-order valence-corrected chi connectivity index (χ3v) is 4.98. The molecular formula is C25H25NO6. The normalized spacial score (nSPS) is 14.6. The molecule has 1 aliphatic heterocycles. The number of rotatable bonds is 8. The van der Waals surface area contributed by atoms with Crippen LogP contribution in [0.1, 0.15) is 12.5 Å². The lowest BCUT2D eigenvalue weighted by Gasteiger charge is -2.18. The highest BCUT2D eigenvalue weighted by atomic mass is 16.5. The van der Waals surface area contributed by atoms with E-state index in [1.165, 1.54) is 19.1 Å². The molecule has 0 aliphatic carbocycles. The molecule has 0 saturated heterocycles. The number of hydrogen-bond acceptors (Lipinski definition) is 6. The van der Waals surface area contributed by atoms with E-state index in [0.29, 0.717) is 40.8 Å². The third kappa shape index (κ3) is 4.37. The Bertz CT molecular complexity index is 1100. The number of methoxy groups -OCH3 is 3. The highest BCUT2D eigenvalue weighted by Gasteiger charge is 2.37. The van der Waals surface area contributed by atoms with Gasteiger partial charge in [-0.2, -0.15) is 0 Å². The summed E-state index contributed by atoms with van der Waals surface area (Å²) in [6, 6.07) is 12.3. The van der Waals surface area contributed by atoms with Crippen LogP contribution in [0.15, 0.2) is 72.0 Å². The summed E-state index contributed by atoms with van der Waals surface area (Å²) in [6.45, 7) is 5.68. The van der Waals surface area contributed by atoms with Crippen molar-refractivity contribution in [3.63, 3.8) is 0 Å². The maximum Gasteiger partial charge on any atom is 0.340 e. The summed E-state index contributed by atoms with van der Waals surface area (Å²) in [5.41, 5.74) is 2.20. The summed E-state index contributed by atoms with van der Waals surface area (Å²) in [6.07, 6.45) is 3.28. The second-order valence-electron chi connectivity index (χ2n) is 6.86. The highest BCUT2D eigenvalue weighted by Crippen LogP contribution is 2.37. The molecule has 0 bridgehead atoms. The van der Waals surface area contributed by atoms with Gasteiger partial charge in [0.05, 0.1) is 32.5 Å². The zero-order chi connectivity index (χ0) is 23.3. The van der Waals surface area contributed by atoms with Gasteiger partial charge in [-0.15, -0.1) is 0 Å². The van der Waals surface area contributed by atoms with Crippen molar-refractivity contribution in [3.05, 3.63) is 77.5 Å². The minimum atomic E-state index is -0.587. The van der Waals surface area contributed by atoms with E-state index in [2.05, 4.69) is 6.58 Å². The first-order chi connectivity index (χ1) is 15.4. The van der Waals surface area contributed by atoms with Crippen LogP contribution >= 0.6 is 0 Å². The molecule has 7 nitrogen and oxygen atoms in total. The molecule has 1 heterocycles. The van der Waals surface area contributed by atoms with Gasteiger partial charge in [0.15, 0.2) is 11.5 Å². The van der Waals surface area contributed by atoms with E-state index in [-0.39, 0.29) is 17.1 Å². The van der Waals surface area contributed by atoms with Crippen LogP contribution in [0.25, 0.3) is 6.08 Å². The Kier molecular flexibility index (Phi) is 7.00. The largest absolute Gasteiger partial charge is 0.497 e. The molecule has 2 aromatic rings. The standard InChI is InChI=1S/C25H25NO6/c1-6-13-32-21-12-7-17(15-22(21)30-4)14-20-23(25(28)31-5)16(2)26(24(20)27)18-8-10-19(29-3)11-9-18/h6-12,14-15H,1,13H2,2-5H3/b20-14-. The van der Waals surface area contributed by atoms with Gasteiger partial charge in [-0.1, -0.05) is 18.7 Å². The molecule has 3 rings (SSSR count). The van der Waals surface area contributed by atoms with Crippen molar-refractivity contribution in [2.75, 3.05) is 32.8 Å². The maximum absolute atomic E-state index is 13.4. The van der Waals surface area contributed by atoms with Gasteiger partial charge in [0, 0.05) is 11.4 Å². The molecule has 166 valence electrons. The lowest BCUT2D eigenvalue weighted by Crippen LogP contribution is -2.24. The van der Waals surface area contributed by atoms with Crippen LogP contribution in [-0.2, 0) is 14.3 Å². The Balaban J connectivity index is 2.06. The minimum Gasteiger partial charge on any atom is -0.497 e. The van der Waals surface area contributed by atoms with Crippen molar-refractivity contribution in [2.24, 2.45) is 0 Å². The topological polar surface area (TPSA) is 74.3 Å². The number of amides is 1. The number of ether oxygens (including phenoxy) is 4.